The zero-order valence-corrected chi connectivity index (χ0v) is 15.9. The zero-order valence-electron chi connectivity index (χ0n) is 15.9. The Morgan fingerprint density at radius 3 is 2.46 bits per heavy atom. The summed E-state index contributed by atoms with van der Waals surface area (Å²) in [6.45, 7) is 1.75. The van der Waals surface area contributed by atoms with Gasteiger partial charge in [-0.05, 0) is 43.5 Å². The molecule has 3 aromatic rings. The molecule has 1 amide bonds. The Hall–Kier alpha value is -3.15. The van der Waals surface area contributed by atoms with Crippen LogP contribution in [0.1, 0.15) is 31.2 Å². The average Bonchev–Trinajstić information content (AvgIpc) is 3.19. The molecule has 144 valence electrons. The summed E-state index contributed by atoms with van der Waals surface area (Å²) in [4.78, 5) is 38.9. The molecule has 0 aliphatic heterocycles. The van der Waals surface area contributed by atoms with Crippen molar-refractivity contribution in [3.05, 3.63) is 74.9 Å². The molecule has 0 bridgehead atoms. The van der Waals surface area contributed by atoms with Crippen molar-refractivity contribution in [3.8, 4) is 5.69 Å². The van der Waals surface area contributed by atoms with E-state index < -0.39 is 5.69 Å². The number of rotatable bonds is 4. The normalized spacial score (nSPS) is 14.5. The van der Waals surface area contributed by atoms with Crippen LogP contribution >= 0.6 is 0 Å². The fourth-order valence-electron chi connectivity index (χ4n) is 3.99. The van der Waals surface area contributed by atoms with E-state index in [1.54, 1.807) is 36.4 Å². The summed E-state index contributed by atoms with van der Waals surface area (Å²) in [5.74, 6) is -0.200. The van der Waals surface area contributed by atoms with Crippen molar-refractivity contribution in [1.82, 2.24) is 14.5 Å². The van der Waals surface area contributed by atoms with Crippen LogP contribution < -0.4 is 16.6 Å². The highest BCUT2D eigenvalue weighted by molar-refractivity contribution is 5.82. The van der Waals surface area contributed by atoms with Crippen LogP contribution in [0.2, 0.25) is 0 Å². The minimum atomic E-state index is -0.500. The fourth-order valence-corrected chi connectivity index (χ4v) is 3.99. The summed E-state index contributed by atoms with van der Waals surface area (Å²) in [6.07, 6.45) is 4.19. The Kier molecular flexibility index (Phi) is 4.86. The molecule has 1 aliphatic carbocycles. The van der Waals surface area contributed by atoms with Crippen molar-refractivity contribution in [1.29, 1.82) is 0 Å². The molecule has 6 heteroatoms. The number of fused-ring (bicyclic) bond motifs is 1. The molecule has 0 atom stereocenters. The predicted octanol–water partition coefficient (Wildman–Crippen LogP) is 2.52. The van der Waals surface area contributed by atoms with Crippen LogP contribution in [0.25, 0.3) is 16.6 Å². The molecular formula is C22H23N3O3. The van der Waals surface area contributed by atoms with E-state index in [9.17, 15) is 14.4 Å². The number of carbonyl (C=O) groups excluding carboxylic acids is 1. The lowest BCUT2D eigenvalue weighted by molar-refractivity contribution is -0.122. The van der Waals surface area contributed by atoms with E-state index in [1.165, 1.54) is 9.13 Å². The zero-order chi connectivity index (χ0) is 19.7. The molecular weight excluding hydrogens is 354 g/mol. The third-order valence-electron chi connectivity index (χ3n) is 5.43. The molecule has 1 aliphatic rings. The number of nitrogens with one attached hydrogen (secondary N) is 1. The molecule has 1 heterocycles. The van der Waals surface area contributed by atoms with E-state index in [4.69, 9.17) is 0 Å². The average molecular weight is 377 g/mol. The van der Waals surface area contributed by atoms with Crippen LogP contribution in [0.5, 0.6) is 0 Å². The summed E-state index contributed by atoms with van der Waals surface area (Å²) in [5, 5.41) is 3.43. The highest BCUT2D eigenvalue weighted by Crippen LogP contribution is 2.18. The van der Waals surface area contributed by atoms with Gasteiger partial charge in [0.05, 0.1) is 16.6 Å². The van der Waals surface area contributed by atoms with Crippen LogP contribution in [0, 0.1) is 6.92 Å². The van der Waals surface area contributed by atoms with E-state index in [0.29, 0.717) is 16.6 Å². The molecule has 1 fully saturated rings. The number of aromatic nitrogens is 2. The van der Waals surface area contributed by atoms with E-state index in [1.807, 2.05) is 19.1 Å². The molecule has 4 rings (SSSR count). The molecule has 0 unspecified atom stereocenters. The lowest BCUT2D eigenvalue weighted by Gasteiger charge is -2.17. The lowest BCUT2D eigenvalue weighted by Crippen LogP contribution is -2.43. The summed E-state index contributed by atoms with van der Waals surface area (Å²) in [7, 11) is 0. The Morgan fingerprint density at radius 1 is 1.04 bits per heavy atom. The number of para-hydroxylation sites is 2. The fraction of sp³-hybridized carbons (Fsp3) is 0.318. The Bertz CT molecular complexity index is 1150. The molecule has 2 aromatic carbocycles. The van der Waals surface area contributed by atoms with Gasteiger partial charge in [0.15, 0.2) is 0 Å². The molecule has 28 heavy (non-hydrogen) atoms. The second-order valence-corrected chi connectivity index (χ2v) is 7.36. The van der Waals surface area contributed by atoms with Crippen LogP contribution in [-0.4, -0.2) is 21.1 Å². The van der Waals surface area contributed by atoms with E-state index in [0.717, 1.165) is 31.2 Å². The highest BCUT2D eigenvalue weighted by Gasteiger charge is 2.20. The van der Waals surface area contributed by atoms with Gasteiger partial charge >= 0.3 is 5.69 Å². The smallest absolute Gasteiger partial charge is 0.336 e. The summed E-state index contributed by atoms with van der Waals surface area (Å²) < 4.78 is 2.56. The van der Waals surface area contributed by atoms with Crippen molar-refractivity contribution in [2.24, 2.45) is 0 Å². The van der Waals surface area contributed by atoms with Crippen LogP contribution in [0.15, 0.2) is 58.1 Å². The second-order valence-electron chi connectivity index (χ2n) is 7.36. The quantitative estimate of drug-likeness (QED) is 0.759. The van der Waals surface area contributed by atoms with Gasteiger partial charge in [-0.1, -0.05) is 43.2 Å². The predicted molar refractivity (Wildman–Crippen MR) is 109 cm³/mol. The standard InChI is InChI=1S/C22H23N3O3/c1-15-8-2-6-12-18(15)25-21(27)17-11-5-7-13-19(17)24(22(25)28)14-20(26)23-16-9-3-4-10-16/h2,5-8,11-13,16H,3-4,9-10,14H2,1H3,(H,23,26). The number of carbonyl (C=O) groups is 1. The number of aryl methyl sites for hydroxylation is 1. The number of amides is 1. The maximum Gasteiger partial charge on any atom is 0.336 e. The number of hydrogen-bond acceptors (Lipinski definition) is 3. The second kappa shape index (κ2) is 7.46. The van der Waals surface area contributed by atoms with Gasteiger partial charge in [-0.3, -0.25) is 14.2 Å². The largest absolute Gasteiger partial charge is 0.352 e. The highest BCUT2D eigenvalue weighted by atomic mass is 16.2. The van der Waals surface area contributed by atoms with Crippen molar-refractivity contribution in [3.63, 3.8) is 0 Å². The van der Waals surface area contributed by atoms with Gasteiger partial charge in [0.25, 0.3) is 5.56 Å². The SMILES string of the molecule is Cc1ccccc1-n1c(=O)c2ccccc2n(CC(=O)NC2CCCC2)c1=O. The van der Waals surface area contributed by atoms with Crippen molar-refractivity contribution in [2.75, 3.05) is 0 Å². The maximum atomic E-state index is 13.3. The first-order chi connectivity index (χ1) is 13.6. The maximum absolute atomic E-state index is 13.3. The number of nitrogens with zero attached hydrogens (tertiary/aromatic N) is 2. The molecule has 0 radical (unpaired) electrons. The van der Waals surface area contributed by atoms with Crippen LogP contribution in [-0.2, 0) is 11.3 Å². The first kappa shape index (κ1) is 18.2. The lowest BCUT2D eigenvalue weighted by atomic mass is 10.2. The van der Waals surface area contributed by atoms with Crippen molar-refractivity contribution >= 4 is 16.8 Å². The molecule has 1 aromatic heterocycles. The third kappa shape index (κ3) is 3.26. The Morgan fingerprint density at radius 2 is 1.71 bits per heavy atom. The summed E-state index contributed by atoms with van der Waals surface area (Å²) >= 11 is 0. The van der Waals surface area contributed by atoms with Crippen LogP contribution in [0.3, 0.4) is 0 Å². The van der Waals surface area contributed by atoms with E-state index in [2.05, 4.69) is 5.32 Å². The van der Waals surface area contributed by atoms with Crippen LogP contribution in [0.4, 0.5) is 0 Å². The molecule has 1 N–H and O–H groups in total. The Labute approximate surface area is 162 Å². The van der Waals surface area contributed by atoms with E-state index >= 15 is 0 Å². The first-order valence-corrected chi connectivity index (χ1v) is 9.66. The molecule has 6 nitrogen and oxygen atoms in total. The summed E-state index contributed by atoms with van der Waals surface area (Å²) in [6, 6.07) is 14.4. The third-order valence-corrected chi connectivity index (χ3v) is 5.43. The topological polar surface area (TPSA) is 73.1 Å². The number of hydrogen-bond donors (Lipinski definition) is 1. The minimum absolute atomic E-state index is 0.109. The first-order valence-electron chi connectivity index (χ1n) is 9.66. The molecule has 0 saturated heterocycles. The molecule has 0 spiro atoms. The van der Waals surface area contributed by atoms with Gasteiger partial charge in [-0.2, -0.15) is 0 Å². The van der Waals surface area contributed by atoms with Crippen molar-refractivity contribution in [2.45, 2.75) is 45.2 Å². The molecule has 1 saturated carbocycles. The van der Waals surface area contributed by atoms with Gasteiger partial charge < -0.3 is 5.32 Å². The van der Waals surface area contributed by atoms with Gasteiger partial charge in [0, 0.05) is 6.04 Å². The monoisotopic (exact) mass is 377 g/mol. The van der Waals surface area contributed by atoms with E-state index in [-0.39, 0.29) is 24.1 Å². The summed E-state index contributed by atoms with van der Waals surface area (Å²) in [5.41, 5.74) is 0.956. The van der Waals surface area contributed by atoms with Gasteiger partial charge in [0.2, 0.25) is 5.91 Å². The number of benzene rings is 2. The Balaban J connectivity index is 1.86. The van der Waals surface area contributed by atoms with Gasteiger partial charge in [-0.15, -0.1) is 0 Å². The minimum Gasteiger partial charge on any atom is -0.352 e. The van der Waals surface area contributed by atoms with Gasteiger partial charge in [0.1, 0.15) is 6.54 Å². The van der Waals surface area contributed by atoms with Crippen molar-refractivity contribution < 1.29 is 4.79 Å². The van der Waals surface area contributed by atoms with Gasteiger partial charge in [-0.25, -0.2) is 9.36 Å².